The number of carbonyl (C=O) groups excluding carboxylic acids is 1. The highest BCUT2D eigenvalue weighted by Gasteiger charge is 2.30. The molecule has 0 saturated heterocycles. The number of aromatic nitrogens is 3. The largest absolute Gasteiger partial charge is 0.355 e. The molecule has 132 valence electrons. The topological polar surface area (TPSA) is 59.8 Å². The van der Waals surface area contributed by atoms with Crippen LogP contribution in [0.15, 0.2) is 60.7 Å². The molecule has 3 aromatic rings. The smallest absolute Gasteiger partial charge is 0.230 e. The van der Waals surface area contributed by atoms with E-state index in [1.165, 1.54) is 5.56 Å². The maximum Gasteiger partial charge on any atom is 0.230 e. The second kappa shape index (κ2) is 7.52. The summed E-state index contributed by atoms with van der Waals surface area (Å²) in [5, 5.41) is 11.8. The van der Waals surface area contributed by atoms with Gasteiger partial charge in [0.25, 0.3) is 0 Å². The van der Waals surface area contributed by atoms with Crippen LogP contribution in [0.1, 0.15) is 30.1 Å². The van der Waals surface area contributed by atoms with Gasteiger partial charge in [0, 0.05) is 18.7 Å². The van der Waals surface area contributed by atoms with Gasteiger partial charge in [0.05, 0.1) is 5.92 Å². The maximum atomic E-state index is 12.7. The van der Waals surface area contributed by atoms with Crippen LogP contribution in [0.2, 0.25) is 0 Å². The first-order valence-corrected chi connectivity index (χ1v) is 9.13. The van der Waals surface area contributed by atoms with Gasteiger partial charge in [-0.15, -0.1) is 10.2 Å². The molecule has 0 fully saturated rings. The normalized spacial score (nSPS) is 16.1. The minimum atomic E-state index is -0.218. The van der Waals surface area contributed by atoms with Gasteiger partial charge < -0.3 is 9.88 Å². The third-order valence-electron chi connectivity index (χ3n) is 4.87. The van der Waals surface area contributed by atoms with Gasteiger partial charge in [0.1, 0.15) is 5.82 Å². The molecule has 5 heteroatoms. The second-order valence-corrected chi connectivity index (χ2v) is 6.62. The molecule has 0 aliphatic carbocycles. The Balaban J connectivity index is 1.46. The molecule has 1 aliphatic heterocycles. The molecule has 1 aromatic heterocycles. The van der Waals surface area contributed by atoms with E-state index in [0.29, 0.717) is 6.54 Å². The molecule has 4 rings (SSSR count). The number of amides is 1. The van der Waals surface area contributed by atoms with Crippen LogP contribution in [-0.2, 0) is 17.8 Å². The van der Waals surface area contributed by atoms with Crippen molar-refractivity contribution >= 4 is 5.91 Å². The summed E-state index contributed by atoms with van der Waals surface area (Å²) in [6, 6.07) is 20.2. The SMILES string of the molecule is O=C(NCCc1ccccc1)C1CCCn2c(-c3ccccc3)nnc21. The van der Waals surface area contributed by atoms with E-state index in [2.05, 4.69) is 32.2 Å². The Bertz CT molecular complexity index is 874. The van der Waals surface area contributed by atoms with Gasteiger partial charge in [-0.25, -0.2) is 0 Å². The van der Waals surface area contributed by atoms with Gasteiger partial charge in [-0.1, -0.05) is 60.7 Å². The number of hydrogen-bond donors (Lipinski definition) is 1. The Labute approximate surface area is 153 Å². The lowest BCUT2D eigenvalue weighted by molar-refractivity contribution is -0.123. The Hall–Kier alpha value is -2.95. The van der Waals surface area contributed by atoms with Crippen LogP contribution in [0, 0.1) is 0 Å². The van der Waals surface area contributed by atoms with E-state index in [4.69, 9.17) is 0 Å². The summed E-state index contributed by atoms with van der Waals surface area (Å²) in [6.07, 6.45) is 2.62. The number of nitrogens with one attached hydrogen (secondary N) is 1. The number of carbonyl (C=O) groups is 1. The third kappa shape index (κ3) is 3.38. The minimum absolute atomic E-state index is 0.0499. The first kappa shape index (κ1) is 16.5. The van der Waals surface area contributed by atoms with Crippen molar-refractivity contribution in [1.82, 2.24) is 20.1 Å². The number of fused-ring (bicyclic) bond motifs is 1. The molecule has 1 aliphatic rings. The zero-order valence-corrected chi connectivity index (χ0v) is 14.6. The van der Waals surface area contributed by atoms with Crippen molar-refractivity contribution in [3.63, 3.8) is 0 Å². The summed E-state index contributed by atoms with van der Waals surface area (Å²) in [4.78, 5) is 12.7. The Kier molecular flexibility index (Phi) is 4.78. The molecule has 0 bridgehead atoms. The highest BCUT2D eigenvalue weighted by molar-refractivity contribution is 5.83. The molecular weight excluding hydrogens is 324 g/mol. The lowest BCUT2D eigenvalue weighted by Crippen LogP contribution is -2.34. The molecule has 1 atom stereocenters. The first-order valence-electron chi connectivity index (χ1n) is 9.13. The lowest BCUT2D eigenvalue weighted by atomic mass is 9.97. The van der Waals surface area contributed by atoms with Crippen molar-refractivity contribution in [3.8, 4) is 11.4 Å². The molecule has 0 spiro atoms. The molecule has 0 radical (unpaired) electrons. The summed E-state index contributed by atoms with van der Waals surface area (Å²) >= 11 is 0. The Morgan fingerprint density at radius 1 is 1.04 bits per heavy atom. The highest BCUT2D eigenvalue weighted by Crippen LogP contribution is 2.30. The predicted octanol–water partition coefficient (Wildman–Crippen LogP) is 3.18. The zero-order chi connectivity index (χ0) is 17.8. The van der Waals surface area contributed by atoms with E-state index in [9.17, 15) is 4.79 Å². The van der Waals surface area contributed by atoms with Crippen molar-refractivity contribution in [3.05, 3.63) is 72.1 Å². The average molecular weight is 346 g/mol. The zero-order valence-electron chi connectivity index (χ0n) is 14.6. The van der Waals surface area contributed by atoms with Gasteiger partial charge in [-0.3, -0.25) is 4.79 Å². The Morgan fingerprint density at radius 2 is 1.77 bits per heavy atom. The molecule has 0 saturated carbocycles. The highest BCUT2D eigenvalue weighted by atomic mass is 16.1. The predicted molar refractivity (Wildman–Crippen MR) is 101 cm³/mol. The minimum Gasteiger partial charge on any atom is -0.355 e. The fourth-order valence-corrected chi connectivity index (χ4v) is 3.52. The van der Waals surface area contributed by atoms with Crippen molar-refractivity contribution in [2.75, 3.05) is 6.54 Å². The van der Waals surface area contributed by atoms with Crippen molar-refractivity contribution in [2.45, 2.75) is 31.7 Å². The van der Waals surface area contributed by atoms with Gasteiger partial charge in [-0.2, -0.15) is 0 Å². The van der Waals surface area contributed by atoms with Crippen molar-refractivity contribution in [1.29, 1.82) is 0 Å². The molecule has 2 aromatic carbocycles. The molecule has 2 heterocycles. The molecule has 1 N–H and O–H groups in total. The molecule has 26 heavy (non-hydrogen) atoms. The molecular formula is C21H22N4O. The fourth-order valence-electron chi connectivity index (χ4n) is 3.52. The maximum absolute atomic E-state index is 12.7. The van der Waals surface area contributed by atoms with Crippen LogP contribution >= 0.6 is 0 Å². The number of benzene rings is 2. The van der Waals surface area contributed by atoms with E-state index in [-0.39, 0.29) is 11.8 Å². The van der Waals surface area contributed by atoms with Gasteiger partial charge in [0.15, 0.2) is 5.82 Å². The van der Waals surface area contributed by atoms with Crippen LogP contribution in [0.3, 0.4) is 0 Å². The van der Waals surface area contributed by atoms with Gasteiger partial charge >= 0.3 is 0 Å². The van der Waals surface area contributed by atoms with Crippen molar-refractivity contribution < 1.29 is 4.79 Å². The summed E-state index contributed by atoms with van der Waals surface area (Å²) in [5.41, 5.74) is 2.27. The standard InChI is InChI=1S/C21H22N4O/c26-21(22-14-13-16-8-3-1-4-9-16)18-12-7-15-25-19(23-24-20(18)25)17-10-5-2-6-11-17/h1-6,8-11,18H,7,12-15H2,(H,22,26). The van der Waals surface area contributed by atoms with Gasteiger partial charge in [-0.05, 0) is 24.8 Å². The Morgan fingerprint density at radius 3 is 2.54 bits per heavy atom. The lowest BCUT2D eigenvalue weighted by Gasteiger charge is -2.23. The van der Waals surface area contributed by atoms with E-state index in [0.717, 1.165) is 43.0 Å². The van der Waals surface area contributed by atoms with Crippen LogP contribution in [-0.4, -0.2) is 27.2 Å². The monoisotopic (exact) mass is 346 g/mol. The first-order chi connectivity index (χ1) is 12.8. The summed E-state index contributed by atoms with van der Waals surface area (Å²) in [7, 11) is 0. The van der Waals surface area contributed by atoms with Crippen LogP contribution < -0.4 is 5.32 Å². The quantitative estimate of drug-likeness (QED) is 0.772. The van der Waals surface area contributed by atoms with Crippen LogP contribution in [0.4, 0.5) is 0 Å². The summed E-state index contributed by atoms with van der Waals surface area (Å²) in [6.45, 7) is 1.50. The second-order valence-electron chi connectivity index (χ2n) is 6.62. The fraction of sp³-hybridized carbons (Fsp3) is 0.286. The molecule has 1 unspecified atom stereocenters. The van der Waals surface area contributed by atoms with Crippen molar-refractivity contribution in [2.24, 2.45) is 0 Å². The van der Waals surface area contributed by atoms with Crippen LogP contribution in [0.25, 0.3) is 11.4 Å². The van der Waals surface area contributed by atoms with E-state index in [1.807, 2.05) is 48.5 Å². The molecule has 1 amide bonds. The number of rotatable bonds is 5. The summed E-state index contributed by atoms with van der Waals surface area (Å²) in [5.74, 6) is 1.47. The van der Waals surface area contributed by atoms with Crippen LogP contribution in [0.5, 0.6) is 0 Å². The van der Waals surface area contributed by atoms with E-state index in [1.54, 1.807) is 0 Å². The molecule has 5 nitrogen and oxygen atoms in total. The number of hydrogen-bond acceptors (Lipinski definition) is 3. The number of nitrogens with zero attached hydrogens (tertiary/aromatic N) is 3. The van der Waals surface area contributed by atoms with E-state index < -0.39 is 0 Å². The third-order valence-corrected chi connectivity index (χ3v) is 4.87. The van der Waals surface area contributed by atoms with E-state index >= 15 is 0 Å². The average Bonchev–Trinajstić information content (AvgIpc) is 3.13. The summed E-state index contributed by atoms with van der Waals surface area (Å²) < 4.78 is 2.10. The van der Waals surface area contributed by atoms with Gasteiger partial charge in [0.2, 0.25) is 5.91 Å².